The molecule has 0 atom stereocenters. The highest BCUT2D eigenvalue weighted by Crippen LogP contribution is 2.26. The SMILES string of the molecule is CC(=O)c1nc(-c2ccn(C)n2)sc1C. The van der Waals surface area contributed by atoms with Crippen LogP contribution in [0.2, 0.25) is 0 Å². The van der Waals surface area contributed by atoms with E-state index in [0.717, 1.165) is 15.6 Å². The Morgan fingerprint density at radius 3 is 2.73 bits per heavy atom. The summed E-state index contributed by atoms with van der Waals surface area (Å²) < 4.78 is 1.72. The first-order valence-corrected chi connectivity index (χ1v) is 5.38. The van der Waals surface area contributed by atoms with E-state index >= 15 is 0 Å². The Morgan fingerprint density at radius 1 is 1.53 bits per heavy atom. The summed E-state index contributed by atoms with van der Waals surface area (Å²) in [5, 5.41) is 5.05. The van der Waals surface area contributed by atoms with Crippen molar-refractivity contribution in [2.24, 2.45) is 7.05 Å². The number of aryl methyl sites for hydroxylation is 2. The molecule has 0 unspecified atom stereocenters. The Labute approximate surface area is 91.6 Å². The van der Waals surface area contributed by atoms with Crippen LogP contribution < -0.4 is 0 Å². The van der Waals surface area contributed by atoms with Gasteiger partial charge in [0.25, 0.3) is 0 Å². The maximum atomic E-state index is 11.2. The maximum absolute atomic E-state index is 11.2. The molecule has 0 aliphatic rings. The standard InChI is InChI=1S/C10H11N3OS/c1-6(14)9-7(2)15-10(11-9)8-4-5-13(3)12-8/h4-5H,1-3H3. The first-order valence-electron chi connectivity index (χ1n) is 4.56. The summed E-state index contributed by atoms with van der Waals surface area (Å²) >= 11 is 1.50. The largest absolute Gasteiger partial charge is 0.293 e. The predicted octanol–water partition coefficient (Wildman–Crippen LogP) is 2.05. The summed E-state index contributed by atoms with van der Waals surface area (Å²) in [6.07, 6.45) is 1.86. The van der Waals surface area contributed by atoms with Gasteiger partial charge in [0.2, 0.25) is 0 Å². The summed E-state index contributed by atoms with van der Waals surface area (Å²) in [7, 11) is 1.86. The van der Waals surface area contributed by atoms with Crippen molar-refractivity contribution < 1.29 is 4.79 Å². The molecule has 5 heteroatoms. The maximum Gasteiger partial charge on any atom is 0.179 e. The van der Waals surface area contributed by atoms with E-state index in [4.69, 9.17) is 0 Å². The third kappa shape index (κ3) is 1.83. The Balaban J connectivity index is 2.46. The Hall–Kier alpha value is -1.49. The van der Waals surface area contributed by atoms with Gasteiger partial charge >= 0.3 is 0 Å². The quantitative estimate of drug-likeness (QED) is 0.729. The van der Waals surface area contributed by atoms with E-state index in [2.05, 4.69) is 10.1 Å². The summed E-state index contributed by atoms with van der Waals surface area (Å²) in [5.74, 6) is 0.00549. The number of ketones is 1. The number of aromatic nitrogens is 3. The van der Waals surface area contributed by atoms with Gasteiger partial charge < -0.3 is 0 Å². The number of rotatable bonds is 2. The molecule has 0 saturated heterocycles. The number of Topliss-reactive ketones (excluding diaryl/α,β-unsaturated/α-hetero) is 1. The number of hydrogen-bond acceptors (Lipinski definition) is 4. The van der Waals surface area contributed by atoms with Crippen molar-refractivity contribution in [3.8, 4) is 10.7 Å². The number of thiazole rings is 1. The molecule has 0 aromatic carbocycles. The smallest absolute Gasteiger partial charge is 0.179 e. The van der Waals surface area contributed by atoms with Gasteiger partial charge in [-0.05, 0) is 13.0 Å². The van der Waals surface area contributed by atoms with E-state index in [-0.39, 0.29) is 5.78 Å². The van der Waals surface area contributed by atoms with Crippen molar-refractivity contribution in [3.05, 3.63) is 22.8 Å². The molecule has 2 rings (SSSR count). The first kappa shape index (κ1) is 10.0. The van der Waals surface area contributed by atoms with E-state index in [0.29, 0.717) is 5.69 Å². The average Bonchev–Trinajstić information content (AvgIpc) is 2.71. The minimum Gasteiger partial charge on any atom is -0.293 e. The molecule has 2 aromatic rings. The molecular weight excluding hydrogens is 210 g/mol. The van der Waals surface area contributed by atoms with Gasteiger partial charge in [-0.25, -0.2) is 4.98 Å². The van der Waals surface area contributed by atoms with Crippen LogP contribution in [0.4, 0.5) is 0 Å². The molecule has 0 bridgehead atoms. The van der Waals surface area contributed by atoms with Crippen LogP contribution in [0.1, 0.15) is 22.3 Å². The van der Waals surface area contributed by atoms with Crippen molar-refractivity contribution in [2.45, 2.75) is 13.8 Å². The van der Waals surface area contributed by atoms with Gasteiger partial charge in [0.1, 0.15) is 16.4 Å². The second-order valence-corrected chi connectivity index (χ2v) is 4.56. The van der Waals surface area contributed by atoms with Gasteiger partial charge in [-0.15, -0.1) is 11.3 Å². The molecule has 0 aliphatic heterocycles. The van der Waals surface area contributed by atoms with Crippen LogP contribution in [0, 0.1) is 6.92 Å². The molecule has 15 heavy (non-hydrogen) atoms. The fraction of sp³-hybridized carbons (Fsp3) is 0.300. The van der Waals surface area contributed by atoms with Gasteiger partial charge in [0.05, 0.1) is 0 Å². The fourth-order valence-corrected chi connectivity index (χ4v) is 2.29. The number of carbonyl (C=O) groups excluding carboxylic acids is 1. The monoisotopic (exact) mass is 221 g/mol. The molecule has 78 valence electrons. The Morgan fingerprint density at radius 2 is 2.27 bits per heavy atom. The van der Waals surface area contributed by atoms with E-state index < -0.39 is 0 Å². The van der Waals surface area contributed by atoms with E-state index in [1.165, 1.54) is 18.3 Å². The minimum absolute atomic E-state index is 0.00549. The lowest BCUT2D eigenvalue weighted by Crippen LogP contribution is -1.94. The van der Waals surface area contributed by atoms with Crippen LogP contribution in [-0.4, -0.2) is 20.5 Å². The second-order valence-electron chi connectivity index (χ2n) is 3.35. The van der Waals surface area contributed by atoms with E-state index in [1.807, 2.05) is 26.2 Å². The van der Waals surface area contributed by atoms with Crippen molar-refractivity contribution >= 4 is 17.1 Å². The highest BCUT2D eigenvalue weighted by molar-refractivity contribution is 7.15. The number of nitrogens with zero attached hydrogens (tertiary/aromatic N) is 3. The molecule has 0 radical (unpaired) electrons. The third-order valence-electron chi connectivity index (χ3n) is 2.06. The summed E-state index contributed by atoms with van der Waals surface area (Å²) in [4.78, 5) is 16.5. The predicted molar refractivity (Wildman–Crippen MR) is 59.1 cm³/mol. The van der Waals surface area contributed by atoms with Crippen molar-refractivity contribution in [1.82, 2.24) is 14.8 Å². The molecule has 0 amide bonds. The topological polar surface area (TPSA) is 47.8 Å². The number of hydrogen-bond donors (Lipinski definition) is 0. The van der Waals surface area contributed by atoms with Gasteiger partial charge in [-0.3, -0.25) is 9.48 Å². The Kier molecular flexibility index (Phi) is 2.40. The lowest BCUT2D eigenvalue weighted by atomic mass is 10.3. The van der Waals surface area contributed by atoms with Crippen molar-refractivity contribution in [3.63, 3.8) is 0 Å². The molecule has 0 saturated carbocycles. The zero-order chi connectivity index (χ0) is 11.0. The van der Waals surface area contributed by atoms with Gasteiger partial charge in [-0.1, -0.05) is 0 Å². The minimum atomic E-state index is 0.00549. The molecule has 0 aliphatic carbocycles. The molecule has 4 nitrogen and oxygen atoms in total. The van der Waals surface area contributed by atoms with Crippen LogP contribution in [0.5, 0.6) is 0 Å². The molecule has 0 spiro atoms. The summed E-state index contributed by atoms with van der Waals surface area (Å²) in [6.45, 7) is 3.44. The summed E-state index contributed by atoms with van der Waals surface area (Å²) in [6, 6.07) is 1.89. The molecular formula is C10H11N3OS. The number of carbonyl (C=O) groups is 1. The van der Waals surface area contributed by atoms with Crippen LogP contribution in [0.15, 0.2) is 12.3 Å². The van der Waals surface area contributed by atoms with Gasteiger partial charge in [0.15, 0.2) is 5.78 Å². The van der Waals surface area contributed by atoms with Crippen LogP contribution in [-0.2, 0) is 7.05 Å². The van der Waals surface area contributed by atoms with Crippen LogP contribution in [0.25, 0.3) is 10.7 Å². The highest BCUT2D eigenvalue weighted by Gasteiger charge is 2.13. The van der Waals surface area contributed by atoms with Crippen molar-refractivity contribution in [2.75, 3.05) is 0 Å². The lowest BCUT2D eigenvalue weighted by Gasteiger charge is -1.88. The van der Waals surface area contributed by atoms with E-state index in [9.17, 15) is 4.79 Å². The van der Waals surface area contributed by atoms with Gasteiger partial charge in [0, 0.05) is 25.0 Å². The zero-order valence-electron chi connectivity index (χ0n) is 8.81. The third-order valence-corrected chi connectivity index (χ3v) is 3.06. The van der Waals surface area contributed by atoms with Gasteiger partial charge in [-0.2, -0.15) is 5.10 Å². The first-order chi connectivity index (χ1) is 7.08. The van der Waals surface area contributed by atoms with Crippen LogP contribution >= 0.6 is 11.3 Å². The average molecular weight is 221 g/mol. The molecule has 2 aromatic heterocycles. The second kappa shape index (κ2) is 3.58. The Bertz CT molecular complexity index is 512. The molecule has 0 N–H and O–H groups in total. The highest BCUT2D eigenvalue weighted by atomic mass is 32.1. The zero-order valence-corrected chi connectivity index (χ0v) is 9.63. The molecule has 0 fully saturated rings. The van der Waals surface area contributed by atoms with Crippen molar-refractivity contribution in [1.29, 1.82) is 0 Å². The summed E-state index contributed by atoms with van der Waals surface area (Å²) in [5.41, 5.74) is 1.37. The molecule has 2 heterocycles. The van der Waals surface area contributed by atoms with E-state index in [1.54, 1.807) is 4.68 Å². The normalized spacial score (nSPS) is 10.6. The fourth-order valence-electron chi connectivity index (χ4n) is 1.36. The lowest BCUT2D eigenvalue weighted by molar-refractivity contribution is 0.101. The van der Waals surface area contributed by atoms with Crippen LogP contribution in [0.3, 0.4) is 0 Å².